The summed E-state index contributed by atoms with van der Waals surface area (Å²) < 4.78 is 5.43. The van der Waals surface area contributed by atoms with E-state index in [4.69, 9.17) is 10.5 Å². The fourth-order valence-electron chi connectivity index (χ4n) is 3.80. The lowest BCUT2D eigenvalue weighted by Crippen LogP contribution is -2.36. The summed E-state index contributed by atoms with van der Waals surface area (Å²) in [5.74, 6) is -0.403. The van der Waals surface area contributed by atoms with Gasteiger partial charge in [0.2, 0.25) is 0 Å². The van der Waals surface area contributed by atoms with E-state index >= 15 is 0 Å². The molecule has 1 amide bonds. The van der Waals surface area contributed by atoms with Crippen LogP contribution in [0, 0.1) is 0 Å². The van der Waals surface area contributed by atoms with Gasteiger partial charge >= 0.3 is 0 Å². The normalized spacial score (nSPS) is 14.6. The molecule has 3 heterocycles. The highest BCUT2D eigenvalue weighted by molar-refractivity contribution is 6.07. The maximum atomic E-state index is 13.1. The molecule has 0 saturated carbocycles. The Morgan fingerprint density at radius 2 is 1.97 bits per heavy atom. The van der Waals surface area contributed by atoms with Crippen LogP contribution in [0.2, 0.25) is 0 Å². The highest BCUT2D eigenvalue weighted by atomic mass is 16.5. The molecule has 0 unspecified atom stereocenters. The first-order valence-corrected chi connectivity index (χ1v) is 11.2. The van der Waals surface area contributed by atoms with Crippen LogP contribution in [0.3, 0.4) is 0 Å². The Morgan fingerprint density at radius 3 is 2.68 bits per heavy atom. The summed E-state index contributed by atoms with van der Waals surface area (Å²) in [6.07, 6.45) is 5.55. The smallest absolute Gasteiger partial charge is 0.278 e. The average molecular weight is 461 g/mol. The van der Waals surface area contributed by atoms with Crippen molar-refractivity contribution in [1.82, 2.24) is 20.2 Å². The summed E-state index contributed by atoms with van der Waals surface area (Å²) in [6.45, 7) is 2.78. The molecule has 1 atom stereocenters. The van der Waals surface area contributed by atoms with E-state index in [1.165, 1.54) is 0 Å². The molecular weight excluding hydrogens is 433 g/mol. The largest absolute Gasteiger partial charge is 0.395 e. The van der Waals surface area contributed by atoms with Gasteiger partial charge in [0.15, 0.2) is 19.5 Å². The molecule has 10 nitrogen and oxygen atoms in total. The lowest BCUT2D eigenvalue weighted by molar-refractivity contribution is 0.102. The van der Waals surface area contributed by atoms with Gasteiger partial charge in [-0.3, -0.25) is 9.78 Å². The highest BCUT2D eigenvalue weighted by Crippen LogP contribution is 2.26. The molecule has 1 aliphatic heterocycles. The zero-order chi connectivity index (χ0) is 23.9. The van der Waals surface area contributed by atoms with Crippen LogP contribution in [0.25, 0.3) is 11.3 Å². The Labute approximate surface area is 199 Å². The molecule has 34 heavy (non-hydrogen) atoms. The van der Waals surface area contributed by atoms with Crippen molar-refractivity contribution in [2.45, 2.75) is 12.5 Å². The minimum Gasteiger partial charge on any atom is -0.395 e. The van der Waals surface area contributed by atoms with Gasteiger partial charge in [0.05, 0.1) is 49.3 Å². The van der Waals surface area contributed by atoms with Gasteiger partial charge in [0.25, 0.3) is 5.91 Å². The van der Waals surface area contributed by atoms with Crippen molar-refractivity contribution in [2.24, 2.45) is 0 Å². The molecule has 176 valence electrons. The van der Waals surface area contributed by atoms with Crippen LogP contribution in [0.4, 0.5) is 17.2 Å². The van der Waals surface area contributed by atoms with E-state index in [0.29, 0.717) is 31.0 Å². The molecule has 3 aromatic rings. The molecule has 11 heteroatoms. The SMILES string of the molecule is BN[C@H](CO)Cc1ccc(-c2cnc(N)c(C(=O)Nc3cnccc3N3CCOCC3)n2)cc1. The Kier molecular flexibility index (Phi) is 7.68. The lowest BCUT2D eigenvalue weighted by atomic mass is 10.0. The number of nitrogens with two attached hydrogens (primary N) is 1. The predicted octanol–water partition coefficient (Wildman–Crippen LogP) is 0.251. The number of ether oxygens (including phenoxy) is 1. The van der Waals surface area contributed by atoms with Crippen LogP contribution in [-0.2, 0) is 11.2 Å². The molecule has 1 aliphatic rings. The van der Waals surface area contributed by atoms with Crippen molar-refractivity contribution >= 4 is 31.1 Å². The van der Waals surface area contributed by atoms with Gasteiger partial charge in [0.1, 0.15) is 0 Å². The van der Waals surface area contributed by atoms with Crippen LogP contribution < -0.4 is 21.2 Å². The van der Waals surface area contributed by atoms with Crippen LogP contribution in [0.15, 0.2) is 48.9 Å². The molecule has 0 spiro atoms. The van der Waals surface area contributed by atoms with Crippen molar-refractivity contribution in [3.8, 4) is 11.3 Å². The van der Waals surface area contributed by atoms with E-state index in [2.05, 4.69) is 30.4 Å². The minimum absolute atomic E-state index is 0.00714. The molecule has 0 aliphatic carbocycles. The first-order chi connectivity index (χ1) is 16.6. The van der Waals surface area contributed by atoms with Gasteiger partial charge in [-0.2, -0.15) is 0 Å². The molecule has 4 rings (SSSR count). The zero-order valence-electron chi connectivity index (χ0n) is 19.1. The van der Waals surface area contributed by atoms with E-state index in [9.17, 15) is 9.90 Å². The van der Waals surface area contributed by atoms with E-state index in [1.54, 1.807) is 18.6 Å². The number of rotatable bonds is 8. The Balaban J connectivity index is 1.53. The van der Waals surface area contributed by atoms with Crippen LogP contribution in [-0.4, -0.2) is 72.9 Å². The van der Waals surface area contributed by atoms with Gasteiger partial charge in [0, 0.05) is 30.9 Å². The second-order valence-corrected chi connectivity index (χ2v) is 8.00. The Hall–Kier alpha value is -3.54. The third-order valence-corrected chi connectivity index (χ3v) is 5.77. The number of carbonyl (C=O) groups is 1. The number of morpholine rings is 1. The number of aliphatic hydroxyl groups is 1. The summed E-state index contributed by atoms with van der Waals surface area (Å²) in [5, 5.41) is 15.3. The lowest BCUT2D eigenvalue weighted by Gasteiger charge is -2.30. The summed E-state index contributed by atoms with van der Waals surface area (Å²) in [5.41, 5.74) is 9.93. The maximum Gasteiger partial charge on any atom is 0.278 e. The number of carbonyl (C=O) groups excluding carboxylic acids is 1. The van der Waals surface area contributed by atoms with Crippen molar-refractivity contribution in [3.63, 3.8) is 0 Å². The summed E-state index contributed by atoms with van der Waals surface area (Å²) in [6, 6.07) is 9.63. The van der Waals surface area contributed by atoms with Crippen LogP contribution in [0.5, 0.6) is 0 Å². The zero-order valence-corrected chi connectivity index (χ0v) is 19.1. The third-order valence-electron chi connectivity index (χ3n) is 5.77. The first-order valence-electron chi connectivity index (χ1n) is 11.2. The average Bonchev–Trinajstić information content (AvgIpc) is 2.89. The molecule has 5 N–H and O–H groups in total. The number of amides is 1. The maximum absolute atomic E-state index is 13.1. The number of pyridine rings is 1. The second kappa shape index (κ2) is 11.1. The second-order valence-electron chi connectivity index (χ2n) is 8.00. The van der Waals surface area contributed by atoms with Crippen molar-refractivity contribution in [2.75, 3.05) is 48.9 Å². The molecule has 1 saturated heterocycles. The molecule has 0 radical (unpaired) electrons. The summed E-state index contributed by atoms with van der Waals surface area (Å²) in [7, 11) is 1.82. The number of hydrogen-bond donors (Lipinski definition) is 4. The van der Waals surface area contributed by atoms with Gasteiger partial charge in [-0.15, -0.1) is 0 Å². The van der Waals surface area contributed by atoms with Gasteiger partial charge in [-0.25, -0.2) is 9.97 Å². The van der Waals surface area contributed by atoms with Gasteiger partial charge in [-0.05, 0) is 18.1 Å². The van der Waals surface area contributed by atoms with E-state index in [-0.39, 0.29) is 24.2 Å². The number of anilines is 3. The van der Waals surface area contributed by atoms with Crippen molar-refractivity contribution in [3.05, 3.63) is 60.2 Å². The topological polar surface area (TPSA) is 139 Å². The van der Waals surface area contributed by atoms with E-state index < -0.39 is 5.91 Å². The molecule has 1 fully saturated rings. The standard InChI is InChI=1S/C23H28BN7O3/c24-30-17(14-32)11-15-1-3-16(4-2-15)18-13-27-22(25)21(28-18)23(33)29-19-12-26-6-5-20(19)31-7-9-34-10-8-31/h1-6,12-13,17,30,32H,7-11,14,24H2,(H2,25,27)(H,29,33)/t17-/m0/s1. The summed E-state index contributed by atoms with van der Waals surface area (Å²) >= 11 is 0. The van der Waals surface area contributed by atoms with Gasteiger partial charge < -0.3 is 31.0 Å². The number of nitrogen functional groups attached to an aromatic ring is 1. The Morgan fingerprint density at radius 1 is 1.21 bits per heavy atom. The van der Waals surface area contributed by atoms with E-state index in [0.717, 1.165) is 29.9 Å². The number of hydrogen-bond acceptors (Lipinski definition) is 9. The van der Waals surface area contributed by atoms with E-state index in [1.807, 2.05) is 38.3 Å². The molecule has 2 aromatic heterocycles. The Bertz CT molecular complexity index is 1120. The van der Waals surface area contributed by atoms with Crippen LogP contribution >= 0.6 is 0 Å². The predicted molar refractivity (Wildman–Crippen MR) is 133 cm³/mol. The minimum atomic E-state index is -0.453. The first kappa shape index (κ1) is 23.6. The molecule has 1 aromatic carbocycles. The monoisotopic (exact) mass is 461 g/mol. The fourth-order valence-corrected chi connectivity index (χ4v) is 3.80. The number of aliphatic hydroxyl groups excluding tert-OH is 1. The molecule has 0 bridgehead atoms. The third kappa shape index (κ3) is 5.50. The number of nitrogens with one attached hydrogen (secondary N) is 2. The number of benzene rings is 1. The number of nitrogens with zero attached hydrogens (tertiary/aromatic N) is 4. The fraction of sp³-hybridized carbons (Fsp3) is 0.304. The quantitative estimate of drug-likeness (QED) is 0.348. The molecular formula is C23H28BN7O3. The van der Waals surface area contributed by atoms with Crippen LogP contribution in [0.1, 0.15) is 16.1 Å². The van der Waals surface area contributed by atoms with Gasteiger partial charge in [-0.1, -0.05) is 24.3 Å². The summed E-state index contributed by atoms with van der Waals surface area (Å²) in [4.78, 5) is 28.1. The number of aromatic nitrogens is 3. The van der Waals surface area contributed by atoms with Crippen molar-refractivity contribution < 1.29 is 14.6 Å². The highest BCUT2D eigenvalue weighted by Gasteiger charge is 2.20. The van der Waals surface area contributed by atoms with Crippen molar-refractivity contribution in [1.29, 1.82) is 0 Å².